The zero-order valence-corrected chi connectivity index (χ0v) is 6.31. The predicted molar refractivity (Wildman–Crippen MR) is 42.5 cm³/mol. The van der Waals surface area contributed by atoms with E-state index >= 15 is 0 Å². The highest BCUT2D eigenvalue weighted by molar-refractivity contribution is 6.68. The van der Waals surface area contributed by atoms with Gasteiger partial charge in [0.05, 0.1) is 0 Å². The summed E-state index contributed by atoms with van der Waals surface area (Å²) < 4.78 is 0. The second kappa shape index (κ2) is 4.27. The van der Waals surface area contributed by atoms with E-state index in [1.807, 2.05) is 0 Å². The van der Waals surface area contributed by atoms with E-state index in [2.05, 4.69) is 16.7 Å². The molecule has 0 aromatic carbocycles. The summed E-state index contributed by atoms with van der Waals surface area (Å²) in [5.74, 6) is 0. The Balaban J connectivity index is 4.11. The molecule has 0 aliphatic carbocycles. The van der Waals surface area contributed by atoms with Crippen LogP contribution in [0.5, 0.6) is 0 Å². The summed E-state index contributed by atoms with van der Waals surface area (Å²) in [7, 11) is 1.62. The normalized spacial score (nSPS) is 13.7. The van der Waals surface area contributed by atoms with E-state index in [0.717, 1.165) is 5.70 Å². The smallest absolute Gasteiger partial charge is 0.125 e. The van der Waals surface area contributed by atoms with Gasteiger partial charge in [-0.1, -0.05) is 11.6 Å². The Morgan fingerprint density at radius 3 is 2.56 bits per heavy atom. The summed E-state index contributed by atoms with van der Waals surface area (Å²) in [5, 5.41) is 0.444. The molecule has 0 saturated heterocycles. The van der Waals surface area contributed by atoms with Crippen LogP contribution < -0.4 is 0 Å². The Kier molecular flexibility index (Phi) is 3.97. The maximum absolute atomic E-state index is 5.52. The number of aliphatic imine (C=N–C) groups is 2. The molecule has 0 N–H and O–H groups in total. The van der Waals surface area contributed by atoms with Crippen molar-refractivity contribution in [2.24, 2.45) is 9.98 Å². The lowest BCUT2D eigenvalue weighted by Crippen LogP contribution is -1.79. The molecule has 0 atom stereocenters. The maximum atomic E-state index is 5.52. The summed E-state index contributed by atoms with van der Waals surface area (Å²) in [5.41, 5.74) is 0.769. The van der Waals surface area contributed by atoms with Crippen molar-refractivity contribution in [1.29, 1.82) is 0 Å². The van der Waals surface area contributed by atoms with E-state index in [-0.39, 0.29) is 0 Å². The molecule has 0 aromatic heterocycles. The van der Waals surface area contributed by atoms with Gasteiger partial charge in [0.25, 0.3) is 0 Å². The average Bonchev–Trinajstić information content (AvgIpc) is 1.87. The SMILES string of the molecule is C=N/C(C)=C/C(Cl)=NC. The van der Waals surface area contributed by atoms with Gasteiger partial charge in [0.2, 0.25) is 0 Å². The quantitative estimate of drug-likeness (QED) is 0.529. The monoisotopic (exact) mass is 144 g/mol. The summed E-state index contributed by atoms with van der Waals surface area (Å²) in [6.45, 7) is 5.12. The van der Waals surface area contributed by atoms with Crippen LogP contribution in [0.1, 0.15) is 6.92 Å². The van der Waals surface area contributed by atoms with Crippen LogP contribution in [-0.4, -0.2) is 18.9 Å². The first-order valence-electron chi connectivity index (χ1n) is 2.48. The van der Waals surface area contributed by atoms with Gasteiger partial charge in [0.1, 0.15) is 5.17 Å². The molecule has 0 heterocycles. The molecule has 0 aliphatic heterocycles. The number of hydrogen-bond acceptors (Lipinski definition) is 2. The second-order valence-electron chi connectivity index (χ2n) is 1.49. The molecule has 0 radical (unpaired) electrons. The second-order valence-corrected chi connectivity index (χ2v) is 1.88. The minimum Gasteiger partial charge on any atom is -0.276 e. The lowest BCUT2D eigenvalue weighted by atomic mass is 10.5. The van der Waals surface area contributed by atoms with E-state index in [0.29, 0.717) is 5.17 Å². The first-order valence-corrected chi connectivity index (χ1v) is 2.85. The van der Waals surface area contributed by atoms with Gasteiger partial charge in [-0.15, -0.1) is 0 Å². The van der Waals surface area contributed by atoms with Crippen LogP contribution in [0.15, 0.2) is 21.8 Å². The van der Waals surface area contributed by atoms with Gasteiger partial charge in [-0.2, -0.15) is 0 Å². The standard InChI is InChI=1S/C6H9ClN2/c1-5(8-2)4-6(7)9-3/h4H,2H2,1,3H3/b5-4+,9-6?. The minimum absolute atomic E-state index is 0.444. The van der Waals surface area contributed by atoms with Gasteiger partial charge in [-0.05, 0) is 19.7 Å². The van der Waals surface area contributed by atoms with E-state index < -0.39 is 0 Å². The van der Waals surface area contributed by atoms with Gasteiger partial charge < -0.3 is 0 Å². The Bertz CT molecular complexity index is 158. The molecular weight excluding hydrogens is 136 g/mol. The largest absolute Gasteiger partial charge is 0.276 e. The molecule has 0 aromatic rings. The molecule has 0 spiro atoms. The number of nitrogens with zero attached hydrogens (tertiary/aromatic N) is 2. The van der Waals surface area contributed by atoms with Crippen molar-refractivity contribution in [2.75, 3.05) is 7.05 Å². The molecule has 0 fully saturated rings. The molecule has 9 heavy (non-hydrogen) atoms. The van der Waals surface area contributed by atoms with Crippen LogP contribution in [-0.2, 0) is 0 Å². The van der Waals surface area contributed by atoms with Crippen molar-refractivity contribution in [3.05, 3.63) is 11.8 Å². The lowest BCUT2D eigenvalue weighted by Gasteiger charge is -1.86. The topological polar surface area (TPSA) is 24.7 Å². The Morgan fingerprint density at radius 1 is 1.67 bits per heavy atom. The molecule has 0 bridgehead atoms. The number of halogens is 1. The van der Waals surface area contributed by atoms with Crippen molar-refractivity contribution in [1.82, 2.24) is 0 Å². The molecule has 0 unspecified atom stereocenters. The third-order valence-electron chi connectivity index (χ3n) is 0.791. The molecule has 3 heteroatoms. The van der Waals surface area contributed by atoms with Crippen molar-refractivity contribution < 1.29 is 0 Å². The van der Waals surface area contributed by atoms with Gasteiger partial charge in [-0.25, -0.2) is 0 Å². The summed E-state index contributed by atoms with van der Waals surface area (Å²) in [6.07, 6.45) is 1.65. The number of allylic oxidation sites excluding steroid dienone is 2. The zero-order valence-electron chi connectivity index (χ0n) is 5.56. The molecule has 0 rings (SSSR count). The van der Waals surface area contributed by atoms with Crippen molar-refractivity contribution in [2.45, 2.75) is 6.92 Å². The number of hydrogen-bond donors (Lipinski definition) is 0. The van der Waals surface area contributed by atoms with Crippen LogP contribution in [0.2, 0.25) is 0 Å². The predicted octanol–water partition coefficient (Wildman–Crippen LogP) is 1.86. The molecule has 0 amide bonds. The minimum atomic E-state index is 0.444. The van der Waals surface area contributed by atoms with Crippen LogP contribution >= 0.6 is 11.6 Å². The van der Waals surface area contributed by atoms with Gasteiger partial charge in [0, 0.05) is 12.7 Å². The summed E-state index contributed by atoms with van der Waals surface area (Å²) in [4.78, 5) is 7.32. The van der Waals surface area contributed by atoms with E-state index in [9.17, 15) is 0 Å². The molecule has 0 saturated carbocycles. The van der Waals surface area contributed by atoms with Crippen molar-refractivity contribution in [3.63, 3.8) is 0 Å². The van der Waals surface area contributed by atoms with Crippen molar-refractivity contribution in [3.8, 4) is 0 Å². The van der Waals surface area contributed by atoms with Crippen LogP contribution in [0.25, 0.3) is 0 Å². The summed E-state index contributed by atoms with van der Waals surface area (Å²) >= 11 is 5.52. The van der Waals surface area contributed by atoms with Gasteiger partial charge >= 0.3 is 0 Å². The van der Waals surface area contributed by atoms with Crippen LogP contribution in [0.3, 0.4) is 0 Å². The van der Waals surface area contributed by atoms with Crippen molar-refractivity contribution >= 4 is 23.5 Å². The Hall–Kier alpha value is -0.630. The fourth-order valence-corrected chi connectivity index (χ4v) is 0.440. The highest BCUT2D eigenvalue weighted by atomic mass is 35.5. The van der Waals surface area contributed by atoms with Gasteiger partial charge in [0.15, 0.2) is 0 Å². The van der Waals surface area contributed by atoms with Gasteiger partial charge in [-0.3, -0.25) is 9.98 Å². The maximum Gasteiger partial charge on any atom is 0.125 e. The molecular formula is C6H9ClN2. The molecule has 2 nitrogen and oxygen atoms in total. The zero-order chi connectivity index (χ0) is 7.28. The van der Waals surface area contributed by atoms with E-state index in [4.69, 9.17) is 11.6 Å². The lowest BCUT2D eigenvalue weighted by molar-refractivity contribution is 1.33. The first kappa shape index (κ1) is 8.37. The first-order chi connectivity index (χ1) is 4.20. The Labute approximate surface area is 60.0 Å². The Morgan fingerprint density at radius 2 is 2.22 bits per heavy atom. The molecule has 0 aliphatic rings. The molecule has 50 valence electrons. The number of rotatable bonds is 2. The highest BCUT2D eigenvalue weighted by Crippen LogP contribution is 1.95. The highest BCUT2D eigenvalue weighted by Gasteiger charge is 1.84. The van der Waals surface area contributed by atoms with E-state index in [1.54, 1.807) is 20.0 Å². The van der Waals surface area contributed by atoms with Crippen LogP contribution in [0.4, 0.5) is 0 Å². The third kappa shape index (κ3) is 3.91. The third-order valence-corrected chi connectivity index (χ3v) is 1.07. The van der Waals surface area contributed by atoms with E-state index in [1.165, 1.54) is 0 Å². The average molecular weight is 145 g/mol. The van der Waals surface area contributed by atoms with Crippen LogP contribution in [0, 0.1) is 0 Å². The fourth-order valence-electron chi connectivity index (χ4n) is 0.283. The fraction of sp³-hybridized carbons (Fsp3) is 0.333. The summed E-state index contributed by atoms with van der Waals surface area (Å²) in [6, 6.07) is 0.